The van der Waals surface area contributed by atoms with Crippen molar-refractivity contribution >= 4 is 21.6 Å². The van der Waals surface area contributed by atoms with E-state index in [0.717, 1.165) is 32.1 Å². The van der Waals surface area contributed by atoms with Crippen molar-refractivity contribution in [1.82, 2.24) is 4.72 Å². The summed E-state index contributed by atoms with van der Waals surface area (Å²) in [5.74, 6) is 0.685. The lowest BCUT2D eigenvalue weighted by Gasteiger charge is -2.10. The van der Waals surface area contributed by atoms with Gasteiger partial charge >= 0.3 is 0 Å². The molecule has 1 saturated carbocycles. The van der Waals surface area contributed by atoms with E-state index in [1.165, 1.54) is 0 Å². The molecule has 15 heavy (non-hydrogen) atoms. The highest BCUT2D eigenvalue weighted by molar-refractivity contribution is 7.89. The van der Waals surface area contributed by atoms with Gasteiger partial charge in [-0.15, -0.1) is 11.6 Å². The van der Waals surface area contributed by atoms with Gasteiger partial charge in [-0.05, 0) is 31.6 Å². The Morgan fingerprint density at radius 1 is 1.40 bits per heavy atom. The SMILES string of the molecule is CCCCS(=O)(=O)NCC1CCC(Cl)C1. The maximum atomic E-state index is 11.5. The van der Waals surface area contributed by atoms with Gasteiger partial charge in [-0.25, -0.2) is 13.1 Å². The lowest BCUT2D eigenvalue weighted by molar-refractivity contribution is 0.519. The standard InChI is InChI=1S/C10H20ClNO2S/c1-2-3-6-15(13,14)12-8-9-4-5-10(11)7-9/h9-10,12H,2-8H2,1H3. The van der Waals surface area contributed by atoms with Crippen LogP contribution in [0.5, 0.6) is 0 Å². The third-order valence-corrected chi connectivity index (χ3v) is 4.66. The highest BCUT2D eigenvalue weighted by Crippen LogP contribution is 2.28. The second-order valence-electron chi connectivity index (χ2n) is 4.30. The molecule has 1 rings (SSSR count). The molecule has 0 spiro atoms. The Bertz CT molecular complexity index is 279. The molecule has 0 aromatic rings. The first-order valence-corrected chi connectivity index (χ1v) is 7.73. The lowest BCUT2D eigenvalue weighted by atomic mass is 10.1. The van der Waals surface area contributed by atoms with E-state index >= 15 is 0 Å². The molecule has 1 aliphatic carbocycles. The number of nitrogens with one attached hydrogen (secondary N) is 1. The predicted molar refractivity (Wildman–Crippen MR) is 63.7 cm³/mol. The monoisotopic (exact) mass is 253 g/mol. The molecule has 1 aliphatic rings. The zero-order valence-electron chi connectivity index (χ0n) is 9.21. The van der Waals surface area contributed by atoms with Crippen molar-refractivity contribution in [2.45, 2.75) is 44.4 Å². The quantitative estimate of drug-likeness (QED) is 0.737. The molecule has 0 aromatic carbocycles. The van der Waals surface area contributed by atoms with Gasteiger partial charge in [-0.3, -0.25) is 0 Å². The van der Waals surface area contributed by atoms with Crippen LogP contribution in [0.25, 0.3) is 0 Å². The van der Waals surface area contributed by atoms with Gasteiger partial charge in [-0.2, -0.15) is 0 Å². The molecular weight excluding hydrogens is 234 g/mol. The first kappa shape index (κ1) is 13.3. The van der Waals surface area contributed by atoms with Crippen LogP contribution in [0.3, 0.4) is 0 Å². The summed E-state index contributed by atoms with van der Waals surface area (Å²) in [4.78, 5) is 0. The van der Waals surface area contributed by atoms with Crippen LogP contribution in [0.1, 0.15) is 39.0 Å². The van der Waals surface area contributed by atoms with Crippen LogP contribution in [0.15, 0.2) is 0 Å². The number of sulfonamides is 1. The highest BCUT2D eigenvalue weighted by atomic mass is 35.5. The molecule has 0 aromatic heterocycles. The maximum Gasteiger partial charge on any atom is 0.211 e. The van der Waals surface area contributed by atoms with E-state index < -0.39 is 10.0 Å². The van der Waals surface area contributed by atoms with Gasteiger partial charge in [-0.1, -0.05) is 13.3 Å². The van der Waals surface area contributed by atoms with E-state index in [1.54, 1.807) is 0 Å². The van der Waals surface area contributed by atoms with Crippen LogP contribution < -0.4 is 4.72 Å². The Morgan fingerprint density at radius 2 is 2.13 bits per heavy atom. The second kappa shape index (κ2) is 6.06. The number of rotatable bonds is 6. The van der Waals surface area contributed by atoms with Gasteiger partial charge in [0.25, 0.3) is 0 Å². The average Bonchev–Trinajstić information content (AvgIpc) is 2.59. The molecule has 0 amide bonds. The maximum absolute atomic E-state index is 11.5. The van der Waals surface area contributed by atoms with E-state index in [2.05, 4.69) is 4.72 Å². The molecule has 3 nitrogen and oxygen atoms in total. The van der Waals surface area contributed by atoms with Gasteiger partial charge < -0.3 is 0 Å². The van der Waals surface area contributed by atoms with Gasteiger partial charge in [0.2, 0.25) is 10.0 Å². The molecule has 90 valence electrons. The van der Waals surface area contributed by atoms with Gasteiger partial charge in [0.15, 0.2) is 0 Å². The Balaban J connectivity index is 2.24. The van der Waals surface area contributed by atoms with Gasteiger partial charge in [0, 0.05) is 11.9 Å². The molecule has 1 N–H and O–H groups in total. The van der Waals surface area contributed by atoms with Crippen LogP contribution in [0, 0.1) is 5.92 Å². The van der Waals surface area contributed by atoms with Crippen LogP contribution in [0.2, 0.25) is 0 Å². The molecule has 0 radical (unpaired) electrons. The third kappa shape index (κ3) is 5.18. The molecule has 0 bridgehead atoms. The summed E-state index contributed by atoms with van der Waals surface area (Å²) in [6.07, 6.45) is 4.65. The average molecular weight is 254 g/mol. The van der Waals surface area contributed by atoms with E-state index in [0.29, 0.717) is 12.5 Å². The molecule has 1 fully saturated rings. The van der Waals surface area contributed by atoms with Gasteiger partial charge in [0.05, 0.1) is 5.75 Å². The van der Waals surface area contributed by atoms with Gasteiger partial charge in [0.1, 0.15) is 0 Å². The third-order valence-electron chi connectivity index (χ3n) is 2.84. The van der Waals surface area contributed by atoms with Crippen molar-refractivity contribution < 1.29 is 8.42 Å². The summed E-state index contributed by atoms with van der Waals surface area (Å²) in [5, 5.41) is 0.246. The zero-order valence-corrected chi connectivity index (χ0v) is 10.8. The molecule has 0 saturated heterocycles. The zero-order chi connectivity index (χ0) is 11.3. The summed E-state index contributed by atoms with van der Waals surface area (Å²) in [7, 11) is -3.04. The summed E-state index contributed by atoms with van der Waals surface area (Å²) >= 11 is 5.96. The summed E-state index contributed by atoms with van der Waals surface area (Å²) in [6.45, 7) is 2.56. The molecule has 0 heterocycles. The smallest absolute Gasteiger partial charge is 0.211 e. The minimum atomic E-state index is -3.04. The molecule has 2 atom stereocenters. The largest absolute Gasteiger partial charge is 0.215 e. The van der Waals surface area contributed by atoms with E-state index in [4.69, 9.17) is 11.6 Å². The molecule has 0 aliphatic heterocycles. The number of hydrogen-bond acceptors (Lipinski definition) is 2. The van der Waals surface area contributed by atoms with Crippen LogP contribution in [-0.2, 0) is 10.0 Å². The fraction of sp³-hybridized carbons (Fsp3) is 1.00. The number of halogens is 1. The van der Waals surface area contributed by atoms with Crippen molar-refractivity contribution in [3.05, 3.63) is 0 Å². The van der Waals surface area contributed by atoms with Crippen molar-refractivity contribution in [3.63, 3.8) is 0 Å². The normalized spacial score (nSPS) is 27.1. The summed E-state index contributed by atoms with van der Waals surface area (Å²) in [6, 6.07) is 0. The minimum Gasteiger partial charge on any atom is -0.215 e. The van der Waals surface area contributed by atoms with Crippen molar-refractivity contribution in [2.75, 3.05) is 12.3 Å². The Labute approximate surface area is 97.6 Å². The Hall–Kier alpha value is 0.200. The van der Waals surface area contributed by atoms with Crippen LogP contribution in [0.4, 0.5) is 0 Å². The first-order chi connectivity index (χ1) is 7.03. The lowest BCUT2D eigenvalue weighted by Crippen LogP contribution is -2.30. The second-order valence-corrected chi connectivity index (χ2v) is 6.84. The summed E-state index contributed by atoms with van der Waals surface area (Å²) in [5.41, 5.74) is 0. The van der Waals surface area contributed by atoms with Crippen LogP contribution >= 0.6 is 11.6 Å². The Morgan fingerprint density at radius 3 is 2.67 bits per heavy atom. The van der Waals surface area contributed by atoms with E-state index in [9.17, 15) is 8.42 Å². The first-order valence-electron chi connectivity index (χ1n) is 5.65. The highest BCUT2D eigenvalue weighted by Gasteiger charge is 2.23. The van der Waals surface area contributed by atoms with E-state index in [1.807, 2.05) is 6.92 Å². The number of unbranched alkanes of at least 4 members (excludes halogenated alkanes) is 1. The Kier molecular flexibility index (Phi) is 5.36. The fourth-order valence-electron chi connectivity index (χ4n) is 1.85. The van der Waals surface area contributed by atoms with Crippen molar-refractivity contribution in [1.29, 1.82) is 0 Å². The predicted octanol–water partition coefficient (Wildman–Crippen LogP) is 2.11. The van der Waals surface area contributed by atoms with Crippen molar-refractivity contribution in [2.24, 2.45) is 5.92 Å². The van der Waals surface area contributed by atoms with Crippen LogP contribution in [-0.4, -0.2) is 26.1 Å². The number of hydrogen-bond donors (Lipinski definition) is 1. The minimum absolute atomic E-state index is 0.246. The van der Waals surface area contributed by atoms with Crippen molar-refractivity contribution in [3.8, 4) is 0 Å². The number of alkyl halides is 1. The van der Waals surface area contributed by atoms with E-state index in [-0.39, 0.29) is 11.1 Å². The summed E-state index contributed by atoms with van der Waals surface area (Å²) < 4.78 is 25.6. The molecular formula is C10H20ClNO2S. The topological polar surface area (TPSA) is 46.2 Å². The molecule has 2 unspecified atom stereocenters. The molecule has 5 heteroatoms. The fourth-order valence-corrected chi connectivity index (χ4v) is 3.53.